The smallest absolute Gasteiger partial charge is 0.133 e. The first-order valence-corrected chi connectivity index (χ1v) is 6.73. The minimum Gasteiger partial charge on any atom is -0.322 e. The van der Waals surface area contributed by atoms with Crippen LogP contribution >= 0.6 is 27.5 Å². The molecule has 4 heteroatoms. The van der Waals surface area contributed by atoms with Crippen LogP contribution in [0.25, 0.3) is 0 Å². The third kappa shape index (κ3) is 1.84. The van der Waals surface area contributed by atoms with E-state index in [9.17, 15) is 0 Å². The van der Waals surface area contributed by atoms with Gasteiger partial charge in [-0.05, 0) is 39.7 Å². The van der Waals surface area contributed by atoms with E-state index in [0.29, 0.717) is 10.9 Å². The van der Waals surface area contributed by atoms with Gasteiger partial charge in [-0.25, -0.2) is 0 Å². The predicted octanol–water partition coefficient (Wildman–Crippen LogP) is 4.45. The van der Waals surface area contributed by atoms with Gasteiger partial charge in [0.1, 0.15) is 5.84 Å². The number of hydrogen-bond acceptors (Lipinski definition) is 1. The average molecular weight is 322 g/mol. The molecule has 0 amide bonds. The molecular formula is C14H10BrClN2. The van der Waals surface area contributed by atoms with Gasteiger partial charge in [-0.1, -0.05) is 35.9 Å². The zero-order valence-corrected chi connectivity index (χ0v) is 11.8. The topological polar surface area (TPSA) is 27.1 Å². The summed E-state index contributed by atoms with van der Waals surface area (Å²) in [5.41, 5.74) is 3.13. The highest BCUT2D eigenvalue weighted by Crippen LogP contribution is 2.32. The Balaban J connectivity index is 2.01. The number of hydrogen-bond donors (Lipinski definition) is 1. The van der Waals surface area contributed by atoms with Gasteiger partial charge in [-0.3, -0.25) is 5.41 Å². The molecule has 1 aliphatic heterocycles. The SMILES string of the molecule is N=C1c2ccccc2CN1c1ccc(Br)c(Cl)c1. The van der Waals surface area contributed by atoms with Gasteiger partial charge >= 0.3 is 0 Å². The Hall–Kier alpha value is -1.32. The number of rotatable bonds is 1. The maximum atomic E-state index is 8.22. The lowest BCUT2D eigenvalue weighted by Crippen LogP contribution is -2.22. The molecule has 0 saturated carbocycles. The second-order valence-corrected chi connectivity index (χ2v) is 5.45. The summed E-state index contributed by atoms with van der Waals surface area (Å²) in [5, 5.41) is 8.88. The zero-order chi connectivity index (χ0) is 12.7. The van der Waals surface area contributed by atoms with Crippen LogP contribution in [0, 0.1) is 5.41 Å². The van der Waals surface area contributed by atoms with E-state index in [-0.39, 0.29) is 0 Å². The Labute approximate surface area is 119 Å². The minimum atomic E-state index is 0.531. The number of anilines is 1. The van der Waals surface area contributed by atoms with E-state index >= 15 is 0 Å². The Morgan fingerprint density at radius 3 is 2.67 bits per heavy atom. The molecule has 0 saturated heterocycles. The molecule has 0 fully saturated rings. The van der Waals surface area contributed by atoms with E-state index < -0.39 is 0 Å². The molecule has 0 bridgehead atoms. The van der Waals surface area contributed by atoms with Gasteiger partial charge < -0.3 is 4.90 Å². The van der Waals surface area contributed by atoms with Crippen LogP contribution in [-0.4, -0.2) is 5.84 Å². The third-order valence-corrected chi connectivity index (χ3v) is 4.32. The maximum Gasteiger partial charge on any atom is 0.133 e. The van der Waals surface area contributed by atoms with E-state index in [1.54, 1.807) is 0 Å². The number of halogens is 2. The van der Waals surface area contributed by atoms with Crippen molar-refractivity contribution in [3.63, 3.8) is 0 Å². The summed E-state index contributed by atoms with van der Waals surface area (Å²) >= 11 is 9.48. The quantitative estimate of drug-likeness (QED) is 0.825. The van der Waals surface area contributed by atoms with Crippen molar-refractivity contribution in [2.75, 3.05) is 4.90 Å². The van der Waals surface area contributed by atoms with Gasteiger partial charge in [0, 0.05) is 15.7 Å². The lowest BCUT2D eigenvalue weighted by Gasteiger charge is -2.18. The summed E-state index contributed by atoms with van der Waals surface area (Å²) in [6, 6.07) is 13.8. The molecular weight excluding hydrogens is 312 g/mol. The van der Waals surface area contributed by atoms with Gasteiger partial charge in [-0.2, -0.15) is 0 Å². The van der Waals surface area contributed by atoms with Crippen molar-refractivity contribution < 1.29 is 0 Å². The largest absolute Gasteiger partial charge is 0.322 e. The lowest BCUT2D eigenvalue weighted by atomic mass is 10.1. The Morgan fingerprint density at radius 1 is 1.17 bits per heavy atom. The molecule has 0 aliphatic carbocycles. The summed E-state index contributed by atoms with van der Waals surface area (Å²) in [5.74, 6) is 0.531. The fraction of sp³-hybridized carbons (Fsp3) is 0.0714. The molecule has 2 nitrogen and oxygen atoms in total. The molecule has 90 valence electrons. The van der Waals surface area contributed by atoms with Crippen molar-refractivity contribution in [2.24, 2.45) is 0 Å². The van der Waals surface area contributed by atoms with Crippen molar-refractivity contribution in [1.29, 1.82) is 5.41 Å². The molecule has 0 aromatic heterocycles. The second kappa shape index (κ2) is 4.41. The van der Waals surface area contributed by atoms with Crippen LogP contribution in [0.15, 0.2) is 46.9 Å². The second-order valence-electron chi connectivity index (χ2n) is 4.19. The predicted molar refractivity (Wildman–Crippen MR) is 78.6 cm³/mol. The van der Waals surface area contributed by atoms with Gasteiger partial charge in [0.2, 0.25) is 0 Å². The normalized spacial score (nSPS) is 13.9. The number of nitrogens with zero attached hydrogens (tertiary/aromatic N) is 1. The van der Waals surface area contributed by atoms with Crippen molar-refractivity contribution in [1.82, 2.24) is 0 Å². The van der Waals surface area contributed by atoms with Crippen molar-refractivity contribution in [3.8, 4) is 0 Å². The third-order valence-electron chi connectivity index (χ3n) is 3.09. The molecule has 2 aromatic rings. The van der Waals surface area contributed by atoms with Crippen LogP contribution in [-0.2, 0) is 6.54 Å². The number of amidine groups is 1. The van der Waals surface area contributed by atoms with Crippen LogP contribution in [0.5, 0.6) is 0 Å². The molecule has 3 rings (SSSR count). The van der Waals surface area contributed by atoms with Gasteiger partial charge in [0.15, 0.2) is 0 Å². The van der Waals surface area contributed by atoms with Gasteiger partial charge in [0.25, 0.3) is 0 Å². The highest BCUT2D eigenvalue weighted by Gasteiger charge is 2.24. The van der Waals surface area contributed by atoms with E-state index in [0.717, 1.165) is 22.3 Å². The summed E-state index contributed by atoms with van der Waals surface area (Å²) in [7, 11) is 0. The highest BCUT2D eigenvalue weighted by atomic mass is 79.9. The molecule has 18 heavy (non-hydrogen) atoms. The molecule has 2 aromatic carbocycles. The minimum absolute atomic E-state index is 0.531. The van der Waals surface area contributed by atoms with Crippen LogP contribution in [0.2, 0.25) is 5.02 Å². The van der Waals surface area contributed by atoms with E-state index in [1.165, 1.54) is 5.56 Å². The summed E-state index contributed by atoms with van der Waals surface area (Å²) in [6.07, 6.45) is 0. The molecule has 0 spiro atoms. The number of fused-ring (bicyclic) bond motifs is 1. The Bertz CT molecular complexity index is 639. The molecule has 1 heterocycles. The number of nitrogens with one attached hydrogen (secondary N) is 1. The van der Waals surface area contributed by atoms with Crippen LogP contribution in [0.3, 0.4) is 0 Å². The van der Waals surface area contributed by atoms with Crippen molar-refractivity contribution >= 4 is 39.1 Å². The van der Waals surface area contributed by atoms with Crippen LogP contribution in [0.4, 0.5) is 5.69 Å². The van der Waals surface area contributed by atoms with Crippen LogP contribution in [0.1, 0.15) is 11.1 Å². The first kappa shape index (κ1) is 11.8. The Morgan fingerprint density at radius 2 is 1.94 bits per heavy atom. The summed E-state index contributed by atoms with van der Waals surface area (Å²) in [4.78, 5) is 1.96. The molecule has 0 radical (unpaired) electrons. The zero-order valence-electron chi connectivity index (χ0n) is 9.45. The van der Waals surface area contributed by atoms with E-state index in [4.69, 9.17) is 17.0 Å². The molecule has 0 atom stereocenters. The molecule has 1 N–H and O–H groups in total. The maximum absolute atomic E-state index is 8.22. The van der Waals surface area contributed by atoms with Crippen molar-refractivity contribution in [2.45, 2.75) is 6.54 Å². The number of benzene rings is 2. The monoisotopic (exact) mass is 320 g/mol. The Kier molecular flexibility index (Phi) is 2.88. The van der Waals surface area contributed by atoms with Crippen LogP contribution < -0.4 is 4.90 Å². The first-order chi connectivity index (χ1) is 8.66. The summed E-state index contributed by atoms with van der Waals surface area (Å²) in [6.45, 7) is 0.729. The first-order valence-electron chi connectivity index (χ1n) is 5.56. The fourth-order valence-electron chi connectivity index (χ4n) is 2.16. The fourth-order valence-corrected chi connectivity index (χ4v) is 2.58. The molecule has 1 aliphatic rings. The van der Waals surface area contributed by atoms with Crippen molar-refractivity contribution in [3.05, 3.63) is 63.1 Å². The molecule has 0 unspecified atom stereocenters. The highest BCUT2D eigenvalue weighted by molar-refractivity contribution is 9.10. The summed E-state index contributed by atoms with van der Waals surface area (Å²) < 4.78 is 0.871. The standard InChI is InChI=1S/C14H10BrClN2/c15-12-6-5-10(7-13(12)16)18-8-9-3-1-2-4-11(9)14(18)17/h1-7,17H,8H2. The van der Waals surface area contributed by atoms with E-state index in [1.807, 2.05) is 41.3 Å². The average Bonchev–Trinajstić information content (AvgIpc) is 2.71. The van der Waals surface area contributed by atoms with Gasteiger partial charge in [0.05, 0.1) is 11.6 Å². The van der Waals surface area contributed by atoms with Gasteiger partial charge in [-0.15, -0.1) is 0 Å². The lowest BCUT2D eigenvalue weighted by molar-refractivity contribution is 1.05. The van der Waals surface area contributed by atoms with E-state index in [2.05, 4.69) is 22.0 Å².